The Morgan fingerprint density at radius 3 is 2.50 bits per heavy atom. The zero-order valence-corrected chi connectivity index (χ0v) is 14.8. The zero-order chi connectivity index (χ0) is 17.5. The number of para-hydroxylation sites is 1. The fourth-order valence-electron chi connectivity index (χ4n) is 2.61. The number of aliphatic hydroxyl groups excluding tert-OH is 1. The molecule has 2 unspecified atom stereocenters. The minimum atomic E-state index is -0.599. The molecule has 0 amide bonds. The molecule has 0 saturated carbocycles. The van der Waals surface area contributed by atoms with E-state index < -0.39 is 6.10 Å². The molecule has 0 radical (unpaired) electrons. The maximum atomic E-state index is 10.5. The number of rotatable bonds is 8. The van der Waals surface area contributed by atoms with E-state index >= 15 is 0 Å². The van der Waals surface area contributed by atoms with E-state index in [1.165, 1.54) is 0 Å². The second-order valence-electron chi connectivity index (χ2n) is 6.13. The van der Waals surface area contributed by atoms with Crippen LogP contribution in [-0.4, -0.2) is 24.9 Å². The summed E-state index contributed by atoms with van der Waals surface area (Å²) < 4.78 is 11.1. The highest BCUT2D eigenvalue weighted by Gasteiger charge is 2.14. The average molecular weight is 329 g/mol. The van der Waals surface area contributed by atoms with Crippen LogP contribution in [0.2, 0.25) is 0 Å². The minimum absolute atomic E-state index is 0.0749. The predicted molar refractivity (Wildman–Crippen MR) is 96.6 cm³/mol. The van der Waals surface area contributed by atoms with E-state index in [2.05, 4.69) is 12.2 Å². The average Bonchev–Trinajstić information content (AvgIpc) is 2.59. The molecule has 0 fully saturated rings. The molecule has 0 aliphatic rings. The van der Waals surface area contributed by atoms with Gasteiger partial charge in [0, 0.05) is 18.2 Å². The third-order valence-electron chi connectivity index (χ3n) is 3.84. The Labute approximate surface area is 144 Å². The number of hydrogen-bond donors (Lipinski definition) is 2. The van der Waals surface area contributed by atoms with Crippen molar-refractivity contribution in [3.05, 3.63) is 59.7 Å². The van der Waals surface area contributed by atoms with E-state index in [1.807, 2.05) is 62.4 Å². The summed E-state index contributed by atoms with van der Waals surface area (Å²) in [6, 6.07) is 15.6. The number of benzene rings is 2. The number of hydrogen-bond acceptors (Lipinski definition) is 4. The molecule has 0 saturated heterocycles. The lowest BCUT2D eigenvalue weighted by atomic mass is 10.1. The lowest BCUT2D eigenvalue weighted by molar-refractivity contribution is 0.169. The SMILES string of the molecule is COc1ccccc1C(C)NCC(O)c1cccc(OC(C)C)c1. The molecule has 2 rings (SSSR count). The van der Waals surface area contributed by atoms with Gasteiger partial charge < -0.3 is 19.9 Å². The smallest absolute Gasteiger partial charge is 0.123 e. The fraction of sp³-hybridized carbons (Fsp3) is 0.400. The van der Waals surface area contributed by atoms with Crippen LogP contribution in [0.5, 0.6) is 11.5 Å². The first kappa shape index (κ1) is 18.3. The van der Waals surface area contributed by atoms with E-state index in [-0.39, 0.29) is 12.1 Å². The van der Waals surface area contributed by atoms with Gasteiger partial charge in [-0.3, -0.25) is 0 Å². The number of methoxy groups -OCH3 is 1. The lowest BCUT2D eigenvalue weighted by Gasteiger charge is -2.20. The monoisotopic (exact) mass is 329 g/mol. The van der Waals surface area contributed by atoms with Crippen LogP contribution in [0.25, 0.3) is 0 Å². The molecule has 0 aliphatic heterocycles. The van der Waals surface area contributed by atoms with Gasteiger partial charge in [-0.1, -0.05) is 30.3 Å². The van der Waals surface area contributed by atoms with Crippen LogP contribution >= 0.6 is 0 Å². The summed E-state index contributed by atoms with van der Waals surface area (Å²) in [5, 5.41) is 13.8. The van der Waals surface area contributed by atoms with Crippen LogP contribution in [0.15, 0.2) is 48.5 Å². The van der Waals surface area contributed by atoms with Gasteiger partial charge in [0.1, 0.15) is 11.5 Å². The van der Waals surface area contributed by atoms with E-state index in [0.717, 1.165) is 22.6 Å². The first-order valence-electron chi connectivity index (χ1n) is 8.32. The Morgan fingerprint density at radius 2 is 1.79 bits per heavy atom. The van der Waals surface area contributed by atoms with E-state index in [1.54, 1.807) is 7.11 Å². The van der Waals surface area contributed by atoms with Gasteiger partial charge in [-0.05, 0) is 44.5 Å². The number of aliphatic hydroxyl groups is 1. The van der Waals surface area contributed by atoms with Crippen molar-refractivity contribution < 1.29 is 14.6 Å². The highest BCUT2D eigenvalue weighted by molar-refractivity contribution is 5.35. The second-order valence-corrected chi connectivity index (χ2v) is 6.13. The van der Waals surface area contributed by atoms with E-state index in [9.17, 15) is 5.11 Å². The molecule has 2 N–H and O–H groups in total. The number of ether oxygens (including phenoxy) is 2. The normalized spacial score (nSPS) is 13.6. The Hall–Kier alpha value is -2.04. The maximum absolute atomic E-state index is 10.5. The molecule has 24 heavy (non-hydrogen) atoms. The van der Waals surface area contributed by atoms with Gasteiger partial charge in [0.05, 0.1) is 19.3 Å². The van der Waals surface area contributed by atoms with Gasteiger partial charge in [0.25, 0.3) is 0 Å². The predicted octanol–water partition coefficient (Wildman–Crippen LogP) is 3.87. The van der Waals surface area contributed by atoms with Crippen LogP contribution in [0.1, 0.15) is 44.0 Å². The molecule has 130 valence electrons. The molecule has 2 aromatic rings. The molecule has 0 spiro atoms. The van der Waals surface area contributed by atoms with Crippen molar-refractivity contribution in [2.45, 2.75) is 39.0 Å². The van der Waals surface area contributed by atoms with Crippen molar-refractivity contribution in [3.8, 4) is 11.5 Å². The van der Waals surface area contributed by atoms with Gasteiger partial charge in [0.15, 0.2) is 0 Å². The Kier molecular flexibility index (Phi) is 6.64. The molecular formula is C20H27NO3. The third-order valence-corrected chi connectivity index (χ3v) is 3.84. The molecule has 2 aromatic carbocycles. The summed E-state index contributed by atoms with van der Waals surface area (Å²) >= 11 is 0. The molecule has 0 aliphatic carbocycles. The Bertz CT molecular complexity index is 642. The van der Waals surface area contributed by atoms with Crippen LogP contribution < -0.4 is 14.8 Å². The van der Waals surface area contributed by atoms with Crippen molar-refractivity contribution in [3.63, 3.8) is 0 Å². The first-order chi connectivity index (χ1) is 11.5. The summed E-state index contributed by atoms with van der Waals surface area (Å²) in [6.07, 6.45) is -0.487. The van der Waals surface area contributed by atoms with Gasteiger partial charge in [0.2, 0.25) is 0 Å². The van der Waals surface area contributed by atoms with Crippen LogP contribution in [0, 0.1) is 0 Å². The zero-order valence-electron chi connectivity index (χ0n) is 14.8. The summed E-state index contributed by atoms with van der Waals surface area (Å²) in [5.41, 5.74) is 1.91. The summed E-state index contributed by atoms with van der Waals surface area (Å²) in [4.78, 5) is 0. The summed E-state index contributed by atoms with van der Waals surface area (Å²) in [6.45, 7) is 6.48. The van der Waals surface area contributed by atoms with Gasteiger partial charge in [-0.25, -0.2) is 0 Å². The van der Waals surface area contributed by atoms with Crippen LogP contribution in [0.3, 0.4) is 0 Å². The van der Waals surface area contributed by atoms with Crippen LogP contribution in [0.4, 0.5) is 0 Å². The van der Waals surface area contributed by atoms with Gasteiger partial charge in [-0.2, -0.15) is 0 Å². The fourth-order valence-corrected chi connectivity index (χ4v) is 2.61. The lowest BCUT2D eigenvalue weighted by Crippen LogP contribution is -2.25. The Morgan fingerprint density at radius 1 is 1.04 bits per heavy atom. The molecule has 0 aromatic heterocycles. The molecular weight excluding hydrogens is 302 g/mol. The number of nitrogens with one attached hydrogen (secondary N) is 1. The molecule has 4 nitrogen and oxygen atoms in total. The largest absolute Gasteiger partial charge is 0.496 e. The standard InChI is InChI=1S/C20H27NO3/c1-14(2)24-17-9-7-8-16(12-17)19(22)13-21-15(3)18-10-5-6-11-20(18)23-4/h5-12,14-15,19,21-22H,13H2,1-4H3. The van der Waals surface area contributed by atoms with Crippen molar-refractivity contribution in [2.75, 3.05) is 13.7 Å². The first-order valence-corrected chi connectivity index (χ1v) is 8.32. The topological polar surface area (TPSA) is 50.7 Å². The Balaban J connectivity index is 1.98. The molecule has 0 bridgehead atoms. The van der Waals surface area contributed by atoms with E-state index in [4.69, 9.17) is 9.47 Å². The van der Waals surface area contributed by atoms with Gasteiger partial charge >= 0.3 is 0 Å². The third kappa shape index (κ3) is 4.98. The highest BCUT2D eigenvalue weighted by atomic mass is 16.5. The molecule has 0 heterocycles. The maximum Gasteiger partial charge on any atom is 0.123 e. The summed E-state index contributed by atoms with van der Waals surface area (Å²) in [7, 11) is 1.67. The van der Waals surface area contributed by atoms with Crippen molar-refractivity contribution in [2.24, 2.45) is 0 Å². The van der Waals surface area contributed by atoms with E-state index in [0.29, 0.717) is 6.54 Å². The quantitative estimate of drug-likeness (QED) is 0.772. The van der Waals surface area contributed by atoms with Crippen molar-refractivity contribution in [1.82, 2.24) is 5.32 Å². The minimum Gasteiger partial charge on any atom is -0.496 e. The molecule has 4 heteroatoms. The van der Waals surface area contributed by atoms with Gasteiger partial charge in [-0.15, -0.1) is 0 Å². The second kappa shape index (κ2) is 8.71. The van der Waals surface area contributed by atoms with Crippen molar-refractivity contribution in [1.29, 1.82) is 0 Å². The van der Waals surface area contributed by atoms with Crippen molar-refractivity contribution >= 4 is 0 Å². The van der Waals surface area contributed by atoms with Crippen LogP contribution in [-0.2, 0) is 0 Å². The highest BCUT2D eigenvalue weighted by Crippen LogP contribution is 2.25. The summed E-state index contributed by atoms with van der Waals surface area (Å²) in [5.74, 6) is 1.62. The molecule has 2 atom stereocenters.